The van der Waals surface area contributed by atoms with E-state index in [1.54, 1.807) is 0 Å². The lowest BCUT2D eigenvalue weighted by atomic mass is 9.64. The SMILES string of the molecule is CC1CC(C)(C)CC(NC2CC2C)(C(=O)O)C1. The quantitative estimate of drug-likeness (QED) is 0.796. The van der Waals surface area contributed by atoms with E-state index in [-0.39, 0.29) is 5.41 Å². The number of nitrogens with one attached hydrogen (secondary N) is 1. The highest BCUT2D eigenvalue weighted by molar-refractivity contribution is 5.79. The minimum absolute atomic E-state index is 0.126. The van der Waals surface area contributed by atoms with Crippen molar-refractivity contribution < 1.29 is 9.90 Å². The largest absolute Gasteiger partial charge is 0.480 e. The van der Waals surface area contributed by atoms with Gasteiger partial charge in [0, 0.05) is 6.04 Å². The van der Waals surface area contributed by atoms with Gasteiger partial charge in [-0.15, -0.1) is 0 Å². The van der Waals surface area contributed by atoms with Crippen LogP contribution in [0.25, 0.3) is 0 Å². The Morgan fingerprint density at radius 2 is 1.88 bits per heavy atom. The highest BCUT2D eigenvalue weighted by atomic mass is 16.4. The summed E-state index contributed by atoms with van der Waals surface area (Å²) in [5, 5.41) is 13.1. The van der Waals surface area contributed by atoms with Gasteiger partial charge >= 0.3 is 5.97 Å². The topological polar surface area (TPSA) is 49.3 Å². The molecule has 0 aliphatic heterocycles. The summed E-state index contributed by atoms with van der Waals surface area (Å²) in [4.78, 5) is 11.7. The molecular weight excluding hydrogens is 214 g/mol. The molecule has 2 N–H and O–H groups in total. The zero-order valence-electron chi connectivity index (χ0n) is 11.4. The molecule has 3 nitrogen and oxygen atoms in total. The third-order valence-corrected chi connectivity index (χ3v) is 4.36. The van der Waals surface area contributed by atoms with Gasteiger partial charge in [0.1, 0.15) is 5.54 Å². The molecule has 0 amide bonds. The van der Waals surface area contributed by atoms with Crippen LogP contribution >= 0.6 is 0 Å². The maximum atomic E-state index is 11.7. The molecule has 2 fully saturated rings. The molecule has 98 valence electrons. The summed E-state index contributed by atoms with van der Waals surface area (Å²) in [5.41, 5.74) is -0.558. The third kappa shape index (κ3) is 2.65. The second-order valence-electron chi connectivity index (χ2n) is 7.21. The highest BCUT2D eigenvalue weighted by Crippen LogP contribution is 2.46. The molecule has 17 heavy (non-hydrogen) atoms. The molecule has 2 saturated carbocycles. The summed E-state index contributed by atoms with van der Waals surface area (Å²) in [5.74, 6) is 0.471. The molecule has 0 aromatic rings. The minimum Gasteiger partial charge on any atom is -0.480 e. The predicted molar refractivity (Wildman–Crippen MR) is 67.9 cm³/mol. The molecule has 2 aliphatic rings. The average molecular weight is 239 g/mol. The van der Waals surface area contributed by atoms with E-state index in [2.05, 4.69) is 33.0 Å². The van der Waals surface area contributed by atoms with Gasteiger partial charge in [0.15, 0.2) is 0 Å². The van der Waals surface area contributed by atoms with Gasteiger partial charge in [-0.3, -0.25) is 10.1 Å². The summed E-state index contributed by atoms with van der Waals surface area (Å²) in [6, 6.07) is 0.423. The standard InChI is InChI=1S/C14H25NO2/c1-9-6-13(3,4)8-14(7-9,12(16)17)15-11-5-10(11)2/h9-11,15H,5-8H2,1-4H3,(H,16,17). The Hall–Kier alpha value is -0.570. The van der Waals surface area contributed by atoms with E-state index in [0.29, 0.717) is 17.9 Å². The fourth-order valence-corrected chi connectivity index (χ4v) is 3.78. The smallest absolute Gasteiger partial charge is 0.323 e. The number of rotatable bonds is 3. The van der Waals surface area contributed by atoms with Crippen LogP contribution < -0.4 is 5.32 Å². The van der Waals surface area contributed by atoms with Crippen LogP contribution in [-0.2, 0) is 4.79 Å². The van der Waals surface area contributed by atoms with Crippen LogP contribution in [0.2, 0.25) is 0 Å². The van der Waals surface area contributed by atoms with E-state index in [9.17, 15) is 9.90 Å². The van der Waals surface area contributed by atoms with Crippen LogP contribution in [0.4, 0.5) is 0 Å². The second-order valence-corrected chi connectivity index (χ2v) is 7.21. The number of hydrogen-bond donors (Lipinski definition) is 2. The van der Waals surface area contributed by atoms with Crippen molar-refractivity contribution in [3.8, 4) is 0 Å². The molecule has 0 saturated heterocycles. The van der Waals surface area contributed by atoms with Crippen molar-refractivity contribution in [3.05, 3.63) is 0 Å². The second kappa shape index (κ2) is 3.98. The molecule has 3 heteroatoms. The van der Waals surface area contributed by atoms with Gasteiger partial charge in [-0.25, -0.2) is 0 Å². The minimum atomic E-state index is -0.684. The Kier molecular flexibility index (Phi) is 3.01. The zero-order valence-corrected chi connectivity index (χ0v) is 11.4. The summed E-state index contributed by atoms with van der Waals surface area (Å²) in [6.45, 7) is 8.75. The molecule has 0 bridgehead atoms. The Balaban J connectivity index is 2.17. The van der Waals surface area contributed by atoms with Gasteiger partial charge in [0.05, 0.1) is 0 Å². The fourth-order valence-electron chi connectivity index (χ4n) is 3.78. The van der Waals surface area contributed by atoms with Crippen molar-refractivity contribution in [1.29, 1.82) is 0 Å². The molecule has 2 rings (SSSR count). The van der Waals surface area contributed by atoms with Gasteiger partial charge in [-0.2, -0.15) is 0 Å². The van der Waals surface area contributed by atoms with Crippen molar-refractivity contribution in [3.63, 3.8) is 0 Å². The van der Waals surface area contributed by atoms with Crippen LogP contribution in [0.15, 0.2) is 0 Å². The van der Waals surface area contributed by atoms with Gasteiger partial charge in [-0.1, -0.05) is 27.7 Å². The van der Waals surface area contributed by atoms with Gasteiger partial charge < -0.3 is 5.11 Å². The summed E-state index contributed by atoms with van der Waals surface area (Å²) in [6.07, 6.45) is 3.78. The first-order valence-electron chi connectivity index (χ1n) is 6.75. The lowest BCUT2D eigenvalue weighted by molar-refractivity contribution is -0.149. The van der Waals surface area contributed by atoms with Crippen molar-refractivity contribution in [2.75, 3.05) is 0 Å². The lowest BCUT2D eigenvalue weighted by Gasteiger charge is -2.45. The number of carboxylic acid groups (broad SMARTS) is 1. The highest BCUT2D eigenvalue weighted by Gasteiger charge is 2.51. The van der Waals surface area contributed by atoms with Crippen molar-refractivity contribution in [2.24, 2.45) is 17.3 Å². The monoisotopic (exact) mass is 239 g/mol. The van der Waals surface area contributed by atoms with Crippen LogP contribution in [0.3, 0.4) is 0 Å². The molecule has 0 aromatic carbocycles. The third-order valence-electron chi connectivity index (χ3n) is 4.36. The first-order chi connectivity index (χ1) is 7.74. The number of carboxylic acids is 1. The maximum Gasteiger partial charge on any atom is 0.323 e. The van der Waals surface area contributed by atoms with Gasteiger partial charge in [0.2, 0.25) is 0 Å². The van der Waals surface area contributed by atoms with Crippen LogP contribution in [0.5, 0.6) is 0 Å². The number of carbonyl (C=O) groups is 1. The normalized spacial score (nSPS) is 44.4. The first-order valence-corrected chi connectivity index (χ1v) is 6.75. The van der Waals surface area contributed by atoms with Crippen molar-refractivity contribution in [2.45, 2.75) is 65.0 Å². The van der Waals surface area contributed by atoms with E-state index in [1.165, 1.54) is 0 Å². The van der Waals surface area contributed by atoms with E-state index in [0.717, 1.165) is 25.7 Å². The first kappa shape index (κ1) is 12.9. The Morgan fingerprint density at radius 3 is 2.29 bits per heavy atom. The van der Waals surface area contributed by atoms with Crippen LogP contribution in [-0.4, -0.2) is 22.7 Å². The fraction of sp³-hybridized carbons (Fsp3) is 0.929. The predicted octanol–water partition coefficient (Wildman–Crippen LogP) is 2.65. The molecule has 0 heterocycles. The average Bonchev–Trinajstić information content (AvgIpc) is 2.76. The molecule has 4 unspecified atom stereocenters. The summed E-state index contributed by atoms with van der Waals surface area (Å²) >= 11 is 0. The Bertz CT molecular complexity index is 326. The maximum absolute atomic E-state index is 11.7. The Labute approximate surface area is 104 Å². The molecule has 0 aromatic heterocycles. The molecular formula is C14H25NO2. The summed E-state index contributed by atoms with van der Waals surface area (Å²) in [7, 11) is 0. The molecule has 2 aliphatic carbocycles. The van der Waals surface area contributed by atoms with Crippen molar-refractivity contribution >= 4 is 5.97 Å². The molecule has 4 atom stereocenters. The van der Waals surface area contributed by atoms with E-state index >= 15 is 0 Å². The number of hydrogen-bond acceptors (Lipinski definition) is 2. The van der Waals surface area contributed by atoms with E-state index < -0.39 is 11.5 Å². The molecule has 0 radical (unpaired) electrons. The van der Waals surface area contributed by atoms with Gasteiger partial charge in [-0.05, 0) is 42.9 Å². The van der Waals surface area contributed by atoms with Crippen molar-refractivity contribution in [1.82, 2.24) is 5.32 Å². The Morgan fingerprint density at radius 1 is 1.29 bits per heavy atom. The number of aliphatic carboxylic acids is 1. The lowest BCUT2D eigenvalue weighted by Crippen LogP contribution is -2.58. The zero-order chi connectivity index (χ0) is 12.8. The molecule has 0 spiro atoms. The summed E-state index contributed by atoms with van der Waals surface area (Å²) < 4.78 is 0. The van der Waals surface area contributed by atoms with E-state index in [4.69, 9.17) is 0 Å². The van der Waals surface area contributed by atoms with E-state index in [1.807, 2.05) is 0 Å². The van der Waals surface area contributed by atoms with Crippen LogP contribution in [0, 0.1) is 17.3 Å². The van der Waals surface area contributed by atoms with Crippen LogP contribution in [0.1, 0.15) is 53.4 Å². The van der Waals surface area contributed by atoms with Gasteiger partial charge in [0.25, 0.3) is 0 Å².